The summed E-state index contributed by atoms with van der Waals surface area (Å²) in [6.07, 6.45) is 5.01. The second-order valence-electron chi connectivity index (χ2n) is 5.82. The molecule has 0 aliphatic carbocycles. The predicted octanol–water partition coefficient (Wildman–Crippen LogP) is 4.56. The molecule has 0 atom stereocenters. The Bertz CT molecular complexity index is 689. The van der Waals surface area contributed by atoms with E-state index in [9.17, 15) is 9.90 Å². The number of carbonyl (C=O) groups excluding carboxylic acids is 1. The number of phenolic OH excluding ortho intramolecular Hbond substituents is 1. The molecule has 0 aromatic heterocycles. The van der Waals surface area contributed by atoms with E-state index < -0.39 is 0 Å². The summed E-state index contributed by atoms with van der Waals surface area (Å²) in [5, 5.41) is 15.8. The van der Waals surface area contributed by atoms with Gasteiger partial charge in [0.25, 0.3) is 0 Å². The van der Waals surface area contributed by atoms with Crippen LogP contribution in [0.25, 0.3) is 0 Å². The van der Waals surface area contributed by atoms with Gasteiger partial charge in [-0.1, -0.05) is 30.2 Å². The Labute approximate surface area is 147 Å². The van der Waals surface area contributed by atoms with E-state index in [0.29, 0.717) is 5.02 Å². The Morgan fingerprint density at radius 3 is 2.67 bits per heavy atom. The van der Waals surface area contributed by atoms with Gasteiger partial charge in [0, 0.05) is 17.9 Å². The molecule has 0 fully saturated rings. The Balaban J connectivity index is 1.89. The molecule has 4 nitrogen and oxygen atoms in total. The molecule has 0 aliphatic rings. The monoisotopic (exact) mass is 346 g/mol. The standard InChI is InChI=1S/C19H23ClN2O2/c1-14-11-15(5-3-2-4-10-21-13-23)6-8-18(14)22-16-7-9-19(24)17(20)12-16/h6-9,11-13,22,24H,2-5,10H2,1H3,(H,21,23). The Kier molecular flexibility index (Phi) is 6.94. The number of nitrogens with one attached hydrogen (secondary N) is 2. The maximum Gasteiger partial charge on any atom is 0.207 e. The van der Waals surface area contributed by atoms with E-state index in [-0.39, 0.29) is 5.75 Å². The van der Waals surface area contributed by atoms with Gasteiger partial charge in [-0.2, -0.15) is 0 Å². The van der Waals surface area contributed by atoms with Crippen LogP contribution in [-0.4, -0.2) is 18.1 Å². The molecule has 0 saturated heterocycles. The molecule has 0 aliphatic heterocycles. The van der Waals surface area contributed by atoms with E-state index >= 15 is 0 Å². The maximum absolute atomic E-state index is 10.2. The first-order chi connectivity index (χ1) is 11.6. The number of carbonyl (C=O) groups is 1. The average Bonchev–Trinajstić information content (AvgIpc) is 2.56. The van der Waals surface area contributed by atoms with E-state index in [0.717, 1.165) is 50.0 Å². The lowest BCUT2D eigenvalue weighted by molar-refractivity contribution is -0.109. The van der Waals surface area contributed by atoms with Crippen LogP contribution >= 0.6 is 11.6 Å². The lowest BCUT2D eigenvalue weighted by Gasteiger charge is -2.12. The number of unbranched alkanes of at least 4 members (excludes halogenated alkanes) is 2. The summed E-state index contributed by atoms with van der Waals surface area (Å²) >= 11 is 5.93. The smallest absolute Gasteiger partial charge is 0.207 e. The number of aromatic hydroxyl groups is 1. The highest BCUT2D eigenvalue weighted by molar-refractivity contribution is 6.32. The van der Waals surface area contributed by atoms with Gasteiger partial charge in [0.1, 0.15) is 5.75 Å². The molecule has 2 aromatic rings. The van der Waals surface area contributed by atoms with Crippen molar-refractivity contribution in [2.24, 2.45) is 0 Å². The third-order valence-electron chi connectivity index (χ3n) is 3.89. The summed E-state index contributed by atoms with van der Waals surface area (Å²) in [6, 6.07) is 11.5. The molecule has 1 amide bonds. The van der Waals surface area contributed by atoms with Crippen molar-refractivity contribution in [2.75, 3.05) is 11.9 Å². The molecular weight excluding hydrogens is 324 g/mol. The summed E-state index contributed by atoms with van der Waals surface area (Å²) in [5.41, 5.74) is 4.34. The zero-order valence-corrected chi connectivity index (χ0v) is 14.6. The minimum Gasteiger partial charge on any atom is -0.506 e. The second-order valence-corrected chi connectivity index (χ2v) is 6.23. The maximum atomic E-state index is 10.2. The highest BCUT2D eigenvalue weighted by atomic mass is 35.5. The van der Waals surface area contributed by atoms with Crippen LogP contribution in [0.5, 0.6) is 5.75 Å². The molecule has 0 spiro atoms. The van der Waals surface area contributed by atoms with E-state index in [1.54, 1.807) is 18.2 Å². The number of benzene rings is 2. The van der Waals surface area contributed by atoms with Gasteiger partial charge < -0.3 is 15.7 Å². The highest BCUT2D eigenvalue weighted by Gasteiger charge is 2.04. The van der Waals surface area contributed by atoms with Crippen LogP contribution < -0.4 is 10.6 Å². The minimum atomic E-state index is 0.0811. The predicted molar refractivity (Wildman–Crippen MR) is 99.2 cm³/mol. The molecule has 24 heavy (non-hydrogen) atoms. The molecule has 2 rings (SSSR count). The number of phenols is 1. The number of hydrogen-bond donors (Lipinski definition) is 3. The molecule has 0 unspecified atom stereocenters. The fourth-order valence-electron chi connectivity index (χ4n) is 2.55. The number of hydrogen-bond acceptors (Lipinski definition) is 3. The van der Waals surface area contributed by atoms with Crippen molar-refractivity contribution in [3.8, 4) is 5.75 Å². The Morgan fingerprint density at radius 1 is 1.12 bits per heavy atom. The van der Waals surface area contributed by atoms with E-state index in [2.05, 4.69) is 35.8 Å². The molecule has 0 heterocycles. The Hall–Kier alpha value is -2.20. The van der Waals surface area contributed by atoms with E-state index in [4.69, 9.17) is 11.6 Å². The number of amides is 1. The van der Waals surface area contributed by atoms with Gasteiger partial charge in [-0.05, 0) is 61.6 Å². The number of halogens is 1. The topological polar surface area (TPSA) is 61.4 Å². The zero-order chi connectivity index (χ0) is 17.4. The van der Waals surface area contributed by atoms with Crippen LogP contribution in [-0.2, 0) is 11.2 Å². The highest BCUT2D eigenvalue weighted by Crippen LogP contribution is 2.29. The first-order valence-corrected chi connectivity index (χ1v) is 8.50. The van der Waals surface area contributed by atoms with Crippen LogP contribution in [0.2, 0.25) is 5.02 Å². The third kappa shape index (κ3) is 5.46. The first-order valence-electron chi connectivity index (χ1n) is 8.12. The molecule has 3 N–H and O–H groups in total. The van der Waals surface area contributed by atoms with Crippen LogP contribution in [0.3, 0.4) is 0 Å². The van der Waals surface area contributed by atoms with Crippen molar-refractivity contribution in [1.29, 1.82) is 0 Å². The van der Waals surface area contributed by atoms with Crippen molar-refractivity contribution in [1.82, 2.24) is 5.32 Å². The summed E-state index contributed by atoms with van der Waals surface area (Å²) < 4.78 is 0. The fraction of sp³-hybridized carbons (Fsp3) is 0.316. The van der Waals surface area contributed by atoms with Gasteiger partial charge in [-0.25, -0.2) is 0 Å². The molecular formula is C19H23ClN2O2. The first kappa shape index (κ1) is 18.1. The molecule has 5 heteroatoms. The molecule has 0 bridgehead atoms. The van der Waals surface area contributed by atoms with Gasteiger partial charge in [0.15, 0.2) is 0 Å². The molecule has 128 valence electrons. The van der Waals surface area contributed by atoms with Crippen molar-refractivity contribution in [2.45, 2.75) is 32.6 Å². The zero-order valence-electron chi connectivity index (χ0n) is 13.8. The van der Waals surface area contributed by atoms with Gasteiger partial charge in [-0.3, -0.25) is 4.79 Å². The lowest BCUT2D eigenvalue weighted by atomic mass is 10.0. The van der Waals surface area contributed by atoms with Gasteiger partial charge >= 0.3 is 0 Å². The largest absolute Gasteiger partial charge is 0.506 e. The summed E-state index contributed by atoms with van der Waals surface area (Å²) in [6.45, 7) is 2.82. The van der Waals surface area contributed by atoms with Gasteiger partial charge in [-0.15, -0.1) is 0 Å². The number of rotatable bonds is 9. The number of aryl methyl sites for hydroxylation is 2. The third-order valence-corrected chi connectivity index (χ3v) is 4.19. The normalized spacial score (nSPS) is 10.4. The second kappa shape index (κ2) is 9.18. The van der Waals surface area contributed by atoms with Gasteiger partial charge in [0.2, 0.25) is 6.41 Å². The van der Waals surface area contributed by atoms with Crippen LogP contribution in [0.1, 0.15) is 30.4 Å². The van der Waals surface area contributed by atoms with Crippen molar-refractivity contribution in [3.63, 3.8) is 0 Å². The SMILES string of the molecule is Cc1cc(CCCCCNC=O)ccc1Nc1ccc(O)c(Cl)c1. The minimum absolute atomic E-state index is 0.0811. The van der Waals surface area contributed by atoms with E-state index in [1.807, 2.05) is 0 Å². The Morgan fingerprint density at radius 2 is 1.96 bits per heavy atom. The quantitative estimate of drug-likeness (QED) is 0.354. The van der Waals surface area contributed by atoms with Crippen molar-refractivity contribution in [3.05, 3.63) is 52.5 Å². The average molecular weight is 347 g/mol. The fourth-order valence-corrected chi connectivity index (χ4v) is 2.73. The number of anilines is 2. The summed E-state index contributed by atoms with van der Waals surface area (Å²) in [7, 11) is 0. The van der Waals surface area contributed by atoms with Gasteiger partial charge in [0.05, 0.1) is 5.02 Å². The molecule has 0 saturated carbocycles. The molecule has 0 radical (unpaired) electrons. The summed E-state index contributed by atoms with van der Waals surface area (Å²) in [4.78, 5) is 10.2. The molecule has 2 aromatic carbocycles. The van der Waals surface area contributed by atoms with E-state index in [1.165, 1.54) is 11.1 Å². The summed E-state index contributed by atoms with van der Waals surface area (Å²) in [5.74, 6) is 0.0811. The van der Waals surface area contributed by atoms with Crippen molar-refractivity contribution < 1.29 is 9.90 Å². The van der Waals surface area contributed by atoms with Crippen LogP contribution in [0, 0.1) is 6.92 Å². The van der Waals surface area contributed by atoms with Crippen LogP contribution in [0.4, 0.5) is 11.4 Å². The lowest BCUT2D eigenvalue weighted by Crippen LogP contribution is -2.11. The van der Waals surface area contributed by atoms with Crippen LogP contribution in [0.15, 0.2) is 36.4 Å². The van der Waals surface area contributed by atoms with Crippen molar-refractivity contribution >= 4 is 29.4 Å².